The van der Waals surface area contributed by atoms with E-state index in [1.165, 1.54) is 18.2 Å². The van der Waals surface area contributed by atoms with Crippen LogP contribution in [-0.4, -0.2) is 18.0 Å². The Morgan fingerprint density at radius 3 is 2.57 bits per heavy atom. The number of nitrogens with zero attached hydrogens (tertiary/aromatic N) is 1. The first-order valence-corrected chi connectivity index (χ1v) is 9.88. The van der Waals surface area contributed by atoms with Crippen molar-refractivity contribution in [1.29, 1.82) is 0 Å². The quantitative estimate of drug-likeness (QED) is 0.386. The monoisotopic (exact) mass is 400 g/mol. The van der Waals surface area contributed by atoms with Gasteiger partial charge in [-0.05, 0) is 52.8 Å². The highest BCUT2D eigenvalue weighted by Gasteiger charge is 2.43. The van der Waals surface area contributed by atoms with Crippen molar-refractivity contribution >= 4 is 17.3 Å². The molecular weight excluding hydrogens is 380 g/mol. The molecule has 0 aromatic heterocycles. The van der Waals surface area contributed by atoms with E-state index in [2.05, 4.69) is 17.4 Å². The molecule has 0 amide bonds. The number of nitro groups is 1. The van der Waals surface area contributed by atoms with Crippen molar-refractivity contribution in [3.8, 4) is 0 Å². The summed E-state index contributed by atoms with van der Waals surface area (Å²) in [4.78, 5) is 22.8. The van der Waals surface area contributed by atoms with Gasteiger partial charge in [-0.25, -0.2) is 4.79 Å². The third kappa shape index (κ3) is 2.84. The summed E-state index contributed by atoms with van der Waals surface area (Å²) in [5.41, 5.74) is 6.11. The molecule has 2 aliphatic rings. The van der Waals surface area contributed by atoms with Gasteiger partial charge in [0.25, 0.3) is 5.69 Å². The van der Waals surface area contributed by atoms with E-state index in [0.29, 0.717) is 5.56 Å². The van der Waals surface area contributed by atoms with Crippen molar-refractivity contribution in [1.82, 2.24) is 0 Å². The summed E-state index contributed by atoms with van der Waals surface area (Å²) in [5.74, 6) is -0.0505. The minimum Gasteiger partial charge on any atom is -0.465 e. The molecule has 3 aromatic carbocycles. The standard InChI is InChI=1S/C24H20N2O4/c1-30-24(27)15-8-6-14(7-9-15)23-20-12-16-4-2-3-5-18(16)22(20)19-13-17(26(28)29)10-11-21(19)25-23/h2-11,13,20,22-23,25H,12H2,1H3/t20-,22-,23+/m1/s1. The summed E-state index contributed by atoms with van der Waals surface area (Å²) in [6.45, 7) is 0. The molecular formula is C24H20N2O4. The van der Waals surface area contributed by atoms with E-state index in [4.69, 9.17) is 4.74 Å². The van der Waals surface area contributed by atoms with Crippen molar-refractivity contribution in [3.05, 3.63) is 105 Å². The summed E-state index contributed by atoms with van der Waals surface area (Å²) in [6, 6.07) is 20.9. The van der Waals surface area contributed by atoms with Gasteiger partial charge in [0.2, 0.25) is 0 Å². The molecule has 0 radical (unpaired) electrons. The Morgan fingerprint density at radius 2 is 1.83 bits per heavy atom. The van der Waals surface area contributed by atoms with E-state index in [1.807, 2.05) is 24.3 Å². The van der Waals surface area contributed by atoms with E-state index < -0.39 is 0 Å². The summed E-state index contributed by atoms with van der Waals surface area (Å²) < 4.78 is 4.80. The molecule has 3 aromatic rings. The van der Waals surface area contributed by atoms with Crippen LogP contribution in [0.2, 0.25) is 0 Å². The minimum atomic E-state index is -0.359. The molecule has 0 spiro atoms. The molecule has 5 rings (SSSR count). The molecule has 3 atom stereocenters. The fraction of sp³-hybridized carbons (Fsp3) is 0.208. The number of carbonyl (C=O) groups excluding carboxylic acids is 1. The third-order valence-corrected chi connectivity index (χ3v) is 6.29. The molecule has 0 unspecified atom stereocenters. The number of anilines is 1. The molecule has 0 fully saturated rings. The van der Waals surface area contributed by atoms with Crippen molar-refractivity contribution in [2.75, 3.05) is 12.4 Å². The Balaban J connectivity index is 1.61. The topological polar surface area (TPSA) is 81.5 Å². The number of benzene rings is 3. The molecule has 6 nitrogen and oxygen atoms in total. The Kier molecular flexibility index (Phi) is 4.28. The number of fused-ring (bicyclic) bond motifs is 5. The van der Waals surface area contributed by atoms with Crippen LogP contribution in [0.4, 0.5) is 11.4 Å². The van der Waals surface area contributed by atoms with Crippen LogP contribution in [0, 0.1) is 16.0 Å². The number of hydrogen-bond donors (Lipinski definition) is 1. The van der Waals surface area contributed by atoms with Gasteiger partial charge in [-0.15, -0.1) is 0 Å². The fourth-order valence-corrected chi connectivity index (χ4v) is 4.94. The second-order valence-corrected chi connectivity index (χ2v) is 7.81. The van der Waals surface area contributed by atoms with Gasteiger partial charge in [-0.3, -0.25) is 10.1 Å². The van der Waals surface area contributed by atoms with Crippen molar-refractivity contribution in [2.24, 2.45) is 5.92 Å². The van der Waals surface area contributed by atoms with Crippen molar-refractivity contribution in [2.45, 2.75) is 18.4 Å². The molecule has 1 N–H and O–H groups in total. The Bertz CT molecular complexity index is 1160. The highest BCUT2D eigenvalue weighted by atomic mass is 16.6. The van der Waals surface area contributed by atoms with E-state index in [9.17, 15) is 14.9 Å². The number of rotatable bonds is 3. The SMILES string of the molecule is COC(=O)c1ccc([C@@H]2Nc3ccc([N+](=O)[O-])cc3[C@H]3c4ccccc4C[C@H]32)cc1. The maximum atomic E-state index is 11.8. The summed E-state index contributed by atoms with van der Waals surface area (Å²) in [7, 11) is 1.37. The second-order valence-electron chi connectivity index (χ2n) is 7.81. The first-order chi connectivity index (χ1) is 14.6. The zero-order valence-electron chi connectivity index (χ0n) is 16.4. The molecule has 1 aliphatic heterocycles. The number of methoxy groups -OCH3 is 1. The number of ether oxygens (including phenoxy) is 1. The van der Waals surface area contributed by atoms with Crippen molar-refractivity contribution in [3.63, 3.8) is 0 Å². The largest absolute Gasteiger partial charge is 0.465 e. The second kappa shape index (κ2) is 6.99. The van der Waals surface area contributed by atoms with Gasteiger partial charge in [-0.2, -0.15) is 0 Å². The first kappa shape index (κ1) is 18.4. The maximum Gasteiger partial charge on any atom is 0.337 e. The van der Waals surface area contributed by atoms with Crippen LogP contribution < -0.4 is 5.32 Å². The Labute approximate surface area is 173 Å². The third-order valence-electron chi connectivity index (χ3n) is 6.29. The fourth-order valence-electron chi connectivity index (χ4n) is 4.94. The zero-order chi connectivity index (χ0) is 20.8. The highest BCUT2D eigenvalue weighted by Crippen LogP contribution is 2.54. The van der Waals surface area contributed by atoms with Crippen LogP contribution in [0.1, 0.15) is 44.6 Å². The predicted molar refractivity (Wildman–Crippen MR) is 113 cm³/mol. The highest BCUT2D eigenvalue weighted by molar-refractivity contribution is 5.89. The Hall–Kier alpha value is -3.67. The van der Waals surface area contributed by atoms with Crippen LogP contribution >= 0.6 is 0 Å². The number of carbonyl (C=O) groups is 1. The summed E-state index contributed by atoms with van der Waals surface area (Å²) in [6.07, 6.45) is 0.888. The molecule has 30 heavy (non-hydrogen) atoms. The van der Waals surface area contributed by atoms with E-state index in [1.54, 1.807) is 30.3 Å². The lowest BCUT2D eigenvalue weighted by molar-refractivity contribution is -0.384. The van der Waals surface area contributed by atoms with Gasteiger partial charge < -0.3 is 10.1 Å². The lowest BCUT2D eigenvalue weighted by Gasteiger charge is -2.38. The van der Waals surface area contributed by atoms with Gasteiger partial charge >= 0.3 is 5.97 Å². The van der Waals surface area contributed by atoms with Crippen LogP contribution in [-0.2, 0) is 11.2 Å². The molecule has 0 saturated carbocycles. The zero-order valence-corrected chi connectivity index (χ0v) is 16.4. The van der Waals surface area contributed by atoms with Gasteiger partial charge in [0.1, 0.15) is 0 Å². The first-order valence-electron chi connectivity index (χ1n) is 9.88. The smallest absolute Gasteiger partial charge is 0.337 e. The average molecular weight is 400 g/mol. The Morgan fingerprint density at radius 1 is 1.07 bits per heavy atom. The molecule has 150 valence electrons. The number of nitrogens with one attached hydrogen (secondary N) is 1. The summed E-state index contributed by atoms with van der Waals surface area (Å²) >= 11 is 0. The number of hydrogen-bond acceptors (Lipinski definition) is 5. The van der Waals surface area contributed by atoms with Crippen LogP contribution in [0.3, 0.4) is 0 Å². The van der Waals surface area contributed by atoms with Gasteiger partial charge in [-0.1, -0.05) is 36.4 Å². The van der Waals surface area contributed by atoms with Crippen LogP contribution in [0.25, 0.3) is 0 Å². The number of non-ortho nitro benzene ring substituents is 1. The lowest BCUT2D eigenvalue weighted by atomic mass is 9.75. The molecule has 6 heteroatoms. The maximum absolute atomic E-state index is 11.8. The van der Waals surface area contributed by atoms with Gasteiger partial charge in [0.15, 0.2) is 0 Å². The van der Waals surface area contributed by atoms with Crippen LogP contribution in [0.5, 0.6) is 0 Å². The molecule has 0 bridgehead atoms. The van der Waals surface area contributed by atoms with Gasteiger partial charge in [0.05, 0.1) is 23.6 Å². The normalized spacial score (nSPS) is 21.0. The van der Waals surface area contributed by atoms with E-state index in [0.717, 1.165) is 23.2 Å². The van der Waals surface area contributed by atoms with E-state index >= 15 is 0 Å². The molecule has 1 heterocycles. The summed E-state index contributed by atoms with van der Waals surface area (Å²) in [5, 5.41) is 15.0. The van der Waals surface area contributed by atoms with Gasteiger partial charge in [0, 0.05) is 23.7 Å². The van der Waals surface area contributed by atoms with Crippen molar-refractivity contribution < 1.29 is 14.5 Å². The van der Waals surface area contributed by atoms with E-state index in [-0.39, 0.29) is 34.5 Å². The lowest BCUT2D eigenvalue weighted by Crippen LogP contribution is -2.30. The number of esters is 1. The average Bonchev–Trinajstić information content (AvgIpc) is 3.17. The van der Waals surface area contributed by atoms with Crippen LogP contribution in [0.15, 0.2) is 66.7 Å². The minimum absolute atomic E-state index is 0.0306. The molecule has 1 aliphatic carbocycles. The number of nitro benzene ring substituents is 1. The predicted octanol–water partition coefficient (Wildman–Crippen LogP) is 4.85. The molecule has 0 saturated heterocycles.